The Bertz CT molecular complexity index is 378. The Labute approximate surface area is 87.6 Å². The molecule has 0 fully saturated rings. The molecule has 2 rings (SSSR count). The van der Waals surface area contributed by atoms with E-state index >= 15 is 0 Å². The lowest BCUT2D eigenvalue weighted by Gasteiger charge is -2.03. The van der Waals surface area contributed by atoms with Crippen molar-refractivity contribution in [2.24, 2.45) is 0 Å². The minimum atomic E-state index is 0.837. The smallest absolute Gasteiger partial charge is 0.0451 e. The maximum absolute atomic E-state index is 4.24. The number of anilines is 1. The van der Waals surface area contributed by atoms with Crippen LogP contribution < -0.4 is 5.32 Å². The first kappa shape index (κ1) is 9.21. The molecule has 0 spiro atoms. The zero-order valence-corrected chi connectivity index (χ0v) is 8.84. The second-order valence-electron chi connectivity index (χ2n) is 3.17. The lowest BCUT2D eigenvalue weighted by molar-refractivity contribution is 1.09. The number of nitrogens with zero attached hydrogens (tertiary/aromatic N) is 1. The number of hydrogen-bond acceptors (Lipinski definition) is 3. The van der Waals surface area contributed by atoms with Crippen LogP contribution in [0.2, 0.25) is 0 Å². The van der Waals surface area contributed by atoms with Gasteiger partial charge in [0, 0.05) is 29.5 Å². The van der Waals surface area contributed by atoms with Crippen molar-refractivity contribution in [3.8, 4) is 0 Å². The van der Waals surface area contributed by atoms with Gasteiger partial charge in [0.25, 0.3) is 0 Å². The second-order valence-corrected chi connectivity index (χ2v) is 3.95. The lowest BCUT2D eigenvalue weighted by Crippen LogP contribution is -1.98. The Morgan fingerprint density at radius 3 is 2.93 bits per heavy atom. The van der Waals surface area contributed by atoms with Crippen LogP contribution in [0.15, 0.2) is 35.2 Å². The molecule has 14 heavy (non-hydrogen) atoms. The number of nitrogens with one attached hydrogen (secondary N) is 1. The standard InChI is InChI=1S/C11H12N2S/c1-9-2-3-10(6-12-9)7-13-11-4-5-14-8-11/h2-6,8,13H,7H2,1H3. The molecule has 0 aromatic carbocycles. The van der Waals surface area contributed by atoms with Gasteiger partial charge in [0.05, 0.1) is 0 Å². The van der Waals surface area contributed by atoms with Gasteiger partial charge in [-0.2, -0.15) is 11.3 Å². The summed E-state index contributed by atoms with van der Waals surface area (Å²) in [4.78, 5) is 4.24. The Kier molecular flexibility index (Phi) is 2.79. The molecule has 0 aliphatic heterocycles. The molecule has 0 amide bonds. The summed E-state index contributed by atoms with van der Waals surface area (Å²) in [6, 6.07) is 6.21. The molecule has 1 N–H and O–H groups in total. The summed E-state index contributed by atoms with van der Waals surface area (Å²) in [6.07, 6.45) is 1.91. The zero-order chi connectivity index (χ0) is 9.80. The molecular weight excluding hydrogens is 192 g/mol. The van der Waals surface area contributed by atoms with Gasteiger partial charge < -0.3 is 5.32 Å². The van der Waals surface area contributed by atoms with Gasteiger partial charge >= 0.3 is 0 Å². The van der Waals surface area contributed by atoms with Crippen molar-refractivity contribution < 1.29 is 0 Å². The molecule has 0 aliphatic rings. The average Bonchev–Trinajstić information content (AvgIpc) is 2.70. The van der Waals surface area contributed by atoms with Crippen molar-refractivity contribution in [1.29, 1.82) is 0 Å². The highest BCUT2D eigenvalue weighted by molar-refractivity contribution is 7.08. The molecule has 0 aliphatic carbocycles. The van der Waals surface area contributed by atoms with E-state index < -0.39 is 0 Å². The third-order valence-corrected chi connectivity index (χ3v) is 2.67. The van der Waals surface area contributed by atoms with Crippen LogP contribution in [0.25, 0.3) is 0 Å². The van der Waals surface area contributed by atoms with Gasteiger partial charge in [-0.1, -0.05) is 6.07 Å². The Morgan fingerprint density at radius 2 is 2.29 bits per heavy atom. The monoisotopic (exact) mass is 204 g/mol. The summed E-state index contributed by atoms with van der Waals surface area (Å²) in [5, 5.41) is 7.49. The molecular formula is C11H12N2S. The number of rotatable bonds is 3. The maximum Gasteiger partial charge on any atom is 0.0451 e. The van der Waals surface area contributed by atoms with E-state index in [0.717, 1.165) is 12.2 Å². The van der Waals surface area contributed by atoms with Gasteiger partial charge in [0.2, 0.25) is 0 Å². The highest BCUT2D eigenvalue weighted by atomic mass is 32.1. The fraction of sp³-hybridized carbons (Fsp3) is 0.182. The van der Waals surface area contributed by atoms with Crippen LogP contribution in [-0.2, 0) is 6.54 Å². The van der Waals surface area contributed by atoms with E-state index in [1.165, 1.54) is 11.3 Å². The molecule has 0 bridgehead atoms. The summed E-state index contributed by atoms with van der Waals surface area (Å²) in [7, 11) is 0. The molecule has 72 valence electrons. The summed E-state index contributed by atoms with van der Waals surface area (Å²) in [5.74, 6) is 0. The quantitative estimate of drug-likeness (QED) is 0.831. The normalized spacial score (nSPS) is 10.1. The Hall–Kier alpha value is -1.35. The average molecular weight is 204 g/mol. The van der Waals surface area contributed by atoms with Gasteiger partial charge in [0.1, 0.15) is 0 Å². The predicted molar refractivity (Wildman–Crippen MR) is 60.6 cm³/mol. The number of thiophene rings is 1. The first-order chi connectivity index (χ1) is 6.84. The van der Waals surface area contributed by atoms with Crippen LogP contribution in [0, 0.1) is 6.92 Å². The third kappa shape index (κ3) is 2.33. The van der Waals surface area contributed by atoms with Gasteiger partial charge in [-0.25, -0.2) is 0 Å². The number of aromatic nitrogens is 1. The molecule has 0 atom stereocenters. The van der Waals surface area contributed by atoms with Gasteiger partial charge in [0.15, 0.2) is 0 Å². The van der Waals surface area contributed by atoms with Crippen molar-refractivity contribution in [3.05, 3.63) is 46.4 Å². The Morgan fingerprint density at radius 1 is 1.36 bits per heavy atom. The highest BCUT2D eigenvalue weighted by Gasteiger charge is 1.94. The van der Waals surface area contributed by atoms with Gasteiger partial charge in [-0.05, 0) is 30.0 Å². The second kappa shape index (κ2) is 4.24. The summed E-state index contributed by atoms with van der Waals surface area (Å²) < 4.78 is 0. The molecule has 2 aromatic heterocycles. The summed E-state index contributed by atoms with van der Waals surface area (Å²) in [5.41, 5.74) is 3.45. The molecule has 0 unspecified atom stereocenters. The van der Waals surface area contributed by atoms with Crippen molar-refractivity contribution in [2.75, 3.05) is 5.32 Å². The summed E-state index contributed by atoms with van der Waals surface area (Å²) in [6.45, 7) is 2.83. The summed E-state index contributed by atoms with van der Waals surface area (Å²) >= 11 is 1.70. The minimum absolute atomic E-state index is 0.837. The van der Waals surface area contributed by atoms with Crippen molar-refractivity contribution in [2.45, 2.75) is 13.5 Å². The maximum atomic E-state index is 4.24. The van der Waals surface area contributed by atoms with Crippen LogP contribution in [0.5, 0.6) is 0 Å². The highest BCUT2D eigenvalue weighted by Crippen LogP contribution is 2.12. The Balaban J connectivity index is 1.95. The van der Waals surface area contributed by atoms with Crippen LogP contribution in [-0.4, -0.2) is 4.98 Å². The molecule has 2 aromatic rings. The van der Waals surface area contributed by atoms with E-state index in [1.54, 1.807) is 11.3 Å². The van der Waals surface area contributed by atoms with Crippen LogP contribution in [0.1, 0.15) is 11.3 Å². The van der Waals surface area contributed by atoms with Gasteiger partial charge in [-0.3, -0.25) is 4.98 Å². The largest absolute Gasteiger partial charge is 0.380 e. The SMILES string of the molecule is Cc1ccc(CNc2ccsc2)cn1. The lowest BCUT2D eigenvalue weighted by atomic mass is 10.2. The van der Waals surface area contributed by atoms with Crippen LogP contribution in [0.4, 0.5) is 5.69 Å². The number of pyridine rings is 1. The van der Waals surface area contributed by atoms with Crippen molar-refractivity contribution in [3.63, 3.8) is 0 Å². The van der Waals surface area contributed by atoms with E-state index in [9.17, 15) is 0 Å². The predicted octanol–water partition coefficient (Wildman–Crippen LogP) is 3.06. The van der Waals surface area contributed by atoms with Crippen molar-refractivity contribution >= 4 is 17.0 Å². The first-order valence-electron chi connectivity index (χ1n) is 4.52. The van der Waals surface area contributed by atoms with E-state index in [1.807, 2.05) is 19.2 Å². The van der Waals surface area contributed by atoms with Gasteiger partial charge in [-0.15, -0.1) is 0 Å². The molecule has 0 radical (unpaired) electrons. The van der Waals surface area contributed by atoms with Crippen molar-refractivity contribution in [1.82, 2.24) is 4.98 Å². The van der Waals surface area contributed by atoms with Crippen LogP contribution in [0.3, 0.4) is 0 Å². The molecule has 2 heterocycles. The minimum Gasteiger partial charge on any atom is -0.380 e. The molecule has 2 nitrogen and oxygen atoms in total. The number of aryl methyl sites for hydroxylation is 1. The molecule has 0 saturated heterocycles. The molecule has 0 saturated carbocycles. The fourth-order valence-corrected chi connectivity index (χ4v) is 1.78. The van der Waals surface area contributed by atoms with E-state index in [2.05, 4.69) is 33.2 Å². The number of hydrogen-bond donors (Lipinski definition) is 1. The zero-order valence-electron chi connectivity index (χ0n) is 8.03. The first-order valence-corrected chi connectivity index (χ1v) is 5.46. The van der Waals surface area contributed by atoms with E-state index in [-0.39, 0.29) is 0 Å². The fourth-order valence-electron chi connectivity index (χ4n) is 1.17. The topological polar surface area (TPSA) is 24.9 Å². The van der Waals surface area contributed by atoms with E-state index in [0.29, 0.717) is 0 Å². The van der Waals surface area contributed by atoms with Crippen LogP contribution >= 0.6 is 11.3 Å². The third-order valence-electron chi connectivity index (χ3n) is 1.99. The molecule has 3 heteroatoms. The van der Waals surface area contributed by atoms with E-state index in [4.69, 9.17) is 0 Å².